The fourth-order valence-electron chi connectivity index (χ4n) is 1.67. The molecular weight excluding hydrogens is 242 g/mol. The zero-order valence-corrected chi connectivity index (χ0v) is 11.1. The third-order valence-corrected chi connectivity index (χ3v) is 5.76. The molecule has 0 saturated heterocycles. The quantitative estimate of drug-likeness (QED) is 0.816. The van der Waals surface area contributed by atoms with E-state index in [1.54, 1.807) is 0 Å². The number of nitrogens with zero attached hydrogens (tertiary/aromatic N) is 1. The van der Waals surface area contributed by atoms with Gasteiger partial charge in [-0.3, -0.25) is 4.99 Å². The predicted octanol–water partition coefficient (Wildman–Crippen LogP) is 2.37. The van der Waals surface area contributed by atoms with Crippen LogP contribution in [0.3, 0.4) is 0 Å². The Bertz CT molecular complexity index is 512. The third-order valence-electron chi connectivity index (χ3n) is 2.48. The van der Waals surface area contributed by atoms with Crippen molar-refractivity contribution in [2.75, 3.05) is 12.3 Å². The molecule has 0 amide bonds. The molecule has 0 aromatic carbocycles. The fourth-order valence-corrected chi connectivity index (χ4v) is 4.48. The average molecular weight is 257 g/mol. The van der Waals surface area contributed by atoms with Crippen LogP contribution >= 0.6 is 11.3 Å². The van der Waals surface area contributed by atoms with Crippen molar-refractivity contribution in [1.82, 2.24) is 0 Å². The van der Waals surface area contributed by atoms with Gasteiger partial charge in [-0.15, -0.1) is 11.3 Å². The molecule has 88 valence electrons. The van der Waals surface area contributed by atoms with Crippen molar-refractivity contribution in [2.45, 2.75) is 24.5 Å². The summed E-state index contributed by atoms with van der Waals surface area (Å²) >= 11 is 1.30. The van der Waals surface area contributed by atoms with Crippen LogP contribution in [0.2, 0.25) is 0 Å². The van der Waals surface area contributed by atoms with Gasteiger partial charge in [0.05, 0.1) is 5.75 Å². The minimum absolute atomic E-state index is 0.206. The predicted molar refractivity (Wildman–Crippen MR) is 67.2 cm³/mol. The number of rotatable bonds is 2. The van der Waals surface area contributed by atoms with Crippen molar-refractivity contribution in [3.63, 3.8) is 0 Å². The van der Waals surface area contributed by atoms with Crippen molar-refractivity contribution < 1.29 is 8.42 Å². The van der Waals surface area contributed by atoms with E-state index in [1.807, 2.05) is 11.4 Å². The second kappa shape index (κ2) is 4.30. The van der Waals surface area contributed by atoms with Gasteiger partial charge in [-0.2, -0.15) is 0 Å². The highest BCUT2D eigenvalue weighted by molar-refractivity contribution is 7.93. The average Bonchev–Trinajstić information content (AvgIpc) is 2.66. The Morgan fingerprint density at radius 3 is 2.94 bits per heavy atom. The number of hydrogen-bond acceptors (Lipinski definition) is 4. The van der Waals surface area contributed by atoms with Crippen LogP contribution in [0, 0.1) is 5.92 Å². The first-order valence-corrected chi connectivity index (χ1v) is 7.88. The molecular formula is C11H15NO2S2. The van der Waals surface area contributed by atoms with Gasteiger partial charge in [-0.25, -0.2) is 8.42 Å². The van der Waals surface area contributed by atoms with Crippen LogP contribution in [-0.2, 0) is 9.84 Å². The summed E-state index contributed by atoms with van der Waals surface area (Å²) in [5, 5.41) is 1.83. The molecule has 0 N–H and O–H groups in total. The highest BCUT2D eigenvalue weighted by atomic mass is 32.2. The molecule has 1 aromatic rings. The second-order valence-electron chi connectivity index (χ2n) is 4.37. The number of fused-ring (bicyclic) bond motifs is 1. The standard InChI is InChI=1S/C11H15NO2S2/c1-8(2)7-12-10-4-6-16(13,14)11-9(10)3-5-15-11/h3,5,8H,4,6-7H2,1-2H3. The van der Waals surface area contributed by atoms with E-state index in [2.05, 4.69) is 18.8 Å². The molecule has 0 radical (unpaired) electrons. The Balaban J connectivity index is 2.38. The summed E-state index contributed by atoms with van der Waals surface area (Å²) in [6.45, 7) is 4.99. The smallest absolute Gasteiger partial charge is 0.188 e. The lowest BCUT2D eigenvalue weighted by Gasteiger charge is -2.14. The molecule has 1 aliphatic rings. The lowest BCUT2D eigenvalue weighted by Crippen LogP contribution is -2.20. The van der Waals surface area contributed by atoms with Gasteiger partial charge in [-0.05, 0) is 17.4 Å². The van der Waals surface area contributed by atoms with Crippen LogP contribution < -0.4 is 0 Å². The van der Waals surface area contributed by atoms with Crippen LogP contribution in [-0.4, -0.2) is 26.4 Å². The van der Waals surface area contributed by atoms with Crippen molar-refractivity contribution in [2.24, 2.45) is 10.9 Å². The van der Waals surface area contributed by atoms with E-state index in [1.165, 1.54) is 11.3 Å². The molecule has 16 heavy (non-hydrogen) atoms. The lowest BCUT2D eigenvalue weighted by atomic mass is 10.1. The van der Waals surface area contributed by atoms with Gasteiger partial charge in [0.1, 0.15) is 4.21 Å². The van der Waals surface area contributed by atoms with E-state index in [4.69, 9.17) is 0 Å². The van der Waals surface area contributed by atoms with Gasteiger partial charge in [-0.1, -0.05) is 13.8 Å². The molecule has 0 unspecified atom stereocenters. The minimum Gasteiger partial charge on any atom is -0.289 e. The molecule has 0 atom stereocenters. The molecule has 0 aliphatic carbocycles. The van der Waals surface area contributed by atoms with Crippen LogP contribution in [0.25, 0.3) is 0 Å². The zero-order valence-electron chi connectivity index (χ0n) is 9.43. The SMILES string of the molecule is CC(C)CN=C1CCS(=O)(=O)c2sccc21. The van der Waals surface area contributed by atoms with E-state index in [0.717, 1.165) is 17.8 Å². The normalized spacial score (nSPS) is 21.3. The third kappa shape index (κ3) is 2.20. The summed E-state index contributed by atoms with van der Waals surface area (Å²) in [4.78, 5) is 4.52. The van der Waals surface area contributed by atoms with E-state index >= 15 is 0 Å². The highest BCUT2D eigenvalue weighted by Gasteiger charge is 2.28. The lowest BCUT2D eigenvalue weighted by molar-refractivity contribution is 0.596. The Morgan fingerprint density at radius 2 is 2.25 bits per heavy atom. The largest absolute Gasteiger partial charge is 0.289 e. The van der Waals surface area contributed by atoms with Gasteiger partial charge in [0.15, 0.2) is 9.84 Å². The van der Waals surface area contributed by atoms with Gasteiger partial charge in [0.25, 0.3) is 0 Å². The number of hydrogen-bond donors (Lipinski definition) is 0. The summed E-state index contributed by atoms with van der Waals surface area (Å²) in [6.07, 6.45) is 0.554. The van der Waals surface area contributed by atoms with Crippen molar-refractivity contribution >= 4 is 26.9 Å². The first-order chi connectivity index (χ1) is 7.50. The Hall–Kier alpha value is -0.680. The van der Waals surface area contributed by atoms with Crippen molar-refractivity contribution in [3.8, 4) is 0 Å². The number of sulfone groups is 1. The van der Waals surface area contributed by atoms with Gasteiger partial charge in [0.2, 0.25) is 0 Å². The first-order valence-electron chi connectivity index (χ1n) is 5.34. The topological polar surface area (TPSA) is 46.5 Å². The Kier molecular flexibility index (Phi) is 3.17. The van der Waals surface area contributed by atoms with E-state index in [-0.39, 0.29) is 5.75 Å². The Morgan fingerprint density at radius 1 is 1.50 bits per heavy atom. The van der Waals surface area contributed by atoms with Crippen molar-refractivity contribution in [1.29, 1.82) is 0 Å². The van der Waals surface area contributed by atoms with E-state index < -0.39 is 9.84 Å². The zero-order chi connectivity index (χ0) is 11.8. The molecule has 2 heterocycles. The summed E-state index contributed by atoms with van der Waals surface area (Å²) in [7, 11) is -3.03. The van der Waals surface area contributed by atoms with Gasteiger partial charge in [0, 0.05) is 24.2 Å². The summed E-state index contributed by atoms with van der Waals surface area (Å²) in [6, 6.07) is 1.87. The maximum absolute atomic E-state index is 11.8. The fraction of sp³-hybridized carbons (Fsp3) is 0.545. The van der Waals surface area contributed by atoms with Crippen LogP contribution in [0.5, 0.6) is 0 Å². The summed E-state index contributed by atoms with van der Waals surface area (Å²) in [5.41, 5.74) is 1.79. The minimum atomic E-state index is -3.03. The second-order valence-corrected chi connectivity index (χ2v) is 7.59. The molecule has 1 aliphatic heterocycles. The molecule has 0 fully saturated rings. The van der Waals surface area contributed by atoms with E-state index in [0.29, 0.717) is 16.5 Å². The van der Waals surface area contributed by atoms with Gasteiger partial charge < -0.3 is 0 Å². The molecule has 1 aromatic heterocycles. The number of aliphatic imine (C=N–C) groups is 1. The molecule has 0 saturated carbocycles. The first kappa shape index (κ1) is 11.8. The monoisotopic (exact) mass is 257 g/mol. The molecule has 2 rings (SSSR count). The van der Waals surface area contributed by atoms with Crippen molar-refractivity contribution in [3.05, 3.63) is 17.0 Å². The highest BCUT2D eigenvalue weighted by Crippen LogP contribution is 2.30. The maximum Gasteiger partial charge on any atom is 0.188 e. The number of thiophene rings is 1. The molecule has 0 spiro atoms. The summed E-state index contributed by atoms with van der Waals surface area (Å²) in [5.74, 6) is 0.713. The Labute approximate surface area is 100 Å². The maximum atomic E-state index is 11.8. The van der Waals surface area contributed by atoms with Crippen LogP contribution in [0.1, 0.15) is 25.8 Å². The van der Waals surface area contributed by atoms with Crippen LogP contribution in [0.15, 0.2) is 20.6 Å². The van der Waals surface area contributed by atoms with E-state index in [9.17, 15) is 8.42 Å². The molecule has 0 bridgehead atoms. The molecule has 3 nitrogen and oxygen atoms in total. The van der Waals surface area contributed by atoms with Gasteiger partial charge >= 0.3 is 0 Å². The van der Waals surface area contributed by atoms with Crippen LogP contribution in [0.4, 0.5) is 0 Å². The summed E-state index contributed by atoms with van der Waals surface area (Å²) < 4.78 is 24.0. The molecule has 5 heteroatoms.